The number of carboxylic acid groups (broad SMARTS) is 1. The third-order valence-corrected chi connectivity index (χ3v) is 4.44. The van der Waals surface area contributed by atoms with Gasteiger partial charge in [-0.3, -0.25) is 9.69 Å². The first kappa shape index (κ1) is 18.0. The van der Waals surface area contributed by atoms with Crippen molar-refractivity contribution in [1.82, 2.24) is 4.90 Å². The molecule has 1 aromatic carbocycles. The lowest BCUT2D eigenvalue weighted by atomic mass is 9.83. The second-order valence-electron chi connectivity index (χ2n) is 7.78. The minimum absolute atomic E-state index is 0.347. The molecular formula is C21H23NO4. The first-order valence-electron chi connectivity index (χ1n) is 8.56. The highest BCUT2D eigenvalue weighted by Gasteiger charge is 2.40. The van der Waals surface area contributed by atoms with Crippen molar-refractivity contribution in [3.8, 4) is 0 Å². The molecule has 1 amide bonds. The Kier molecular flexibility index (Phi) is 4.26. The molecule has 0 radical (unpaired) electrons. The van der Waals surface area contributed by atoms with Crippen LogP contribution in [0.4, 0.5) is 4.79 Å². The molecule has 5 nitrogen and oxygen atoms in total. The highest BCUT2D eigenvalue weighted by Crippen LogP contribution is 2.42. The zero-order chi connectivity index (χ0) is 19.1. The lowest BCUT2D eigenvalue weighted by molar-refractivity contribution is -0.142. The summed E-state index contributed by atoms with van der Waals surface area (Å²) >= 11 is 0. The van der Waals surface area contributed by atoms with Gasteiger partial charge in [-0.15, -0.1) is 0 Å². The number of carboxylic acids is 1. The maximum Gasteiger partial charge on any atom is 0.415 e. The van der Waals surface area contributed by atoms with E-state index in [9.17, 15) is 14.7 Å². The second kappa shape index (κ2) is 6.16. The fraction of sp³-hybridized carbons (Fsp3) is 0.333. The number of rotatable bonds is 2. The van der Waals surface area contributed by atoms with Crippen molar-refractivity contribution >= 4 is 17.6 Å². The molecule has 3 rings (SSSR count). The molecule has 1 N–H and O–H groups in total. The predicted octanol–water partition coefficient (Wildman–Crippen LogP) is 4.24. The van der Waals surface area contributed by atoms with E-state index >= 15 is 0 Å². The first-order valence-corrected chi connectivity index (χ1v) is 8.56. The molecule has 0 saturated carbocycles. The summed E-state index contributed by atoms with van der Waals surface area (Å²) in [6, 6.07) is 9.78. The number of hydrogen-bond acceptors (Lipinski definition) is 3. The van der Waals surface area contributed by atoms with Gasteiger partial charge < -0.3 is 9.84 Å². The topological polar surface area (TPSA) is 66.8 Å². The van der Waals surface area contributed by atoms with Crippen molar-refractivity contribution < 1.29 is 19.4 Å². The van der Waals surface area contributed by atoms with Gasteiger partial charge in [-0.05, 0) is 44.9 Å². The van der Waals surface area contributed by atoms with E-state index in [0.717, 1.165) is 16.7 Å². The highest BCUT2D eigenvalue weighted by molar-refractivity contribution is 5.89. The number of carbonyl (C=O) groups excluding carboxylic acids is 1. The van der Waals surface area contributed by atoms with E-state index in [4.69, 9.17) is 4.74 Å². The summed E-state index contributed by atoms with van der Waals surface area (Å²) in [6.07, 6.45) is 4.62. The molecule has 1 aliphatic heterocycles. The number of fused-ring (bicyclic) bond motifs is 1. The van der Waals surface area contributed by atoms with Gasteiger partial charge in [0.2, 0.25) is 0 Å². The van der Waals surface area contributed by atoms with E-state index in [2.05, 4.69) is 0 Å². The quantitative estimate of drug-likeness (QED) is 0.864. The predicted molar refractivity (Wildman–Crippen MR) is 99.3 cm³/mol. The number of nitrogens with zero attached hydrogens (tertiary/aromatic N) is 1. The average Bonchev–Trinajstić information content (AvgIpc) is 2.92. The molecule has 0 saturated heterocycles. The fourth-order valence-electron chi connectivity index (χ4n) is 3.06. The summed E-state index contributed by atoms with van der Waals surface area (Å²) in [6.45, 7) is 7.39. The maximum atomic E-state index is 12.7. The fourth-order valence-corrected chi connectivity index (χ4v) is 3.06. The van der Waals surface area contributed by atoms with Gasteiger partial charge in [-0.1, -0.05) is 42.5 Å². The van der Waals surface area contributed by atoms with Crippen LogP contribution in [0.15, 0.2) is 59.8 Å². The summed E-state index contributed by atoms with van der Waals surface area (Å²) in [7, 11) is 0. The Morgan fingerprint density at radius 2 is 1.85 bits per heavy atom. The van der Waals surface area contributed by atoms with Crippen LogP contribution in [-0.2, 0) is 9.53 Å². The van der Waals surface area contributed by atoms with E-state index in [1.54, 1.807) is 25.2 Å². The Bertz CT molecular complexity index is 843. The van der Waals surface area contributed by atoms with Crippen LogP contribution in [0.5, 0.6) is 0 Å². The Balaban J connectivity index is 2.06. The first-order chi connectivity index (χ1) is 12.1. The zero-order valence-corrected chi connectivity index (χ0v) is 15.4. The number of carbonyl (C=O) groups is 2. The van der Waals surface area contributed by atoms with Crippen LogP contribution in [0.25, 0.3) is 5.57 Å². The monoisotopic (exact) mass is 353 g/mol. The van der Waals surface area contributed by atoms with Gasteiger partial charge in [0.25, 0.3) is 0 Å². The number of amides is 1. The van der Waals surface area contributed by atoms with Crippen LogP contribution < -0.4 is 0 Å². The van der Waals surface area contributed by atoms with Crippen molar-refractivity contribution in [1.29, 1.82) is 0 Å². The van der Waals surface area contributed by atoms with Crippen molar-refractivity contribution in [2.45, 2.75) is 33.3 Å². The summed E-state index contributed by atoms with van der Waals surface area (Å²) in [4.78, 5) is 25.9. The SMILES string of the molecule is CC(C)(C)OC(=O)N1CC(c2ccccc2)=C2C=CC(C)(C(=O)O)C=C21. The number of ether oxygens (including phenoxy) is 1. The number of benzene rings is 1. The Morgan fingerprint density at radius 1 is 1.19 bits per heavy atom. The van der Waals surface area contributed by atoms with Crippen LogP contribution in [0.3, 0.4) is 0 Å². The Morgan fingerprint density at radius 3 is 2.42 bits per heavy atom. The second-order valence-corrected chi connectivity index (χ2v) is 7.78. The molecular weight excluding hydrogens is 330 g/mol. The van der Waals surface area contributed by atoms with E-state index in [1.807, 2.05) is 51.1 Å². The van der Waals surface area contributed by atoms with Crippen LogP contribution in [0, 0.1) is 5.41 Å². The van der Waals surface area contributed by atoms with Crippen molar-refractivity contribution in [3.05, 3.63) is 65.4 Å². The molecule has 0 fully saturated rings. The molecule has 136 valence electrons. The standard InChI is InChI=1S/C21H23NO4/c1-20(2,3)26-19(25)22-13-16(14-8-6-5-7-9-14)15-10-11-21(4,18(23)24)12-17(15)22/h5-12H,13H2,1-4H3,(H,23,24). The van der Waals surface area contributed by atoms with Crippen LogP contribution >= 0.6 is 0 Å². The normalized spacial score (nSPS) is 22.2. The van der Waals surface area contributed by atoms with Crippen LogP contribution in [0.1, 0.15) is 33.3 Å². The van der Waals surface area contributed by atoms with Gasteiger partial charge in [0.1, 0.15) is 11.0 Å². The highest BCUT2D eigenvalue weighted by atomic mass is 16.6. The molecule has 1 aromatic rings. The molecule has 1 atom stereocenters. The van der Waals surface area contributed by atoms with E-state index in [-0.39, 0.29) is 0 Å². The maximum absolute atomic E-state index is 12.7. The number of aliphatic carboxylic acids is 1. The number of allylic oxidation sites excluding steroid dienone is 1. The molecule has 1 heterocycles. The molecule has 0 aromatic heterocycles. The van der Waals surface area contributed by atoms with Crippen molar-refractivity contribution in [2.75, 3.05) is 6.54 Å². The summed E-state index contributed by atoms with van der Waals surface area (Å²) in [5.74, 6) is -0.961. The Labute approximate surface area is 153 Å². The number of hydrogen-bond donors (Lipinski definition) is 1. The van der Waals surface area contributed by atoms with E-state index in [1.165, 1.54) is 4.90 Å². The lowest BCUT2D eigenvalue weighted by Crippen LogP contribution is -2.36. The summed E-state index contributed by atoms with van der Waals surface area (Å²) in [5, 5.41) is 9.57. The molecule has 0 spiro atoms. The summed E-state index contributed by atoms with van der Waals surface area (Å²) < 4.78 is 5.53. The van der Waals surface area contributed by atoms with Crippen LogP contribution in [0.2, 0.25) is 0 Å². The molecule has 1 aliphatic carbocycles. The molecule has 26 heavy (non-hydrogen) atoms. The van der Waals surface area contributed by atoms with Gasteiger partial charge >= 0.3 is 12.1 Å². The minimum Gasteiger partial charge on any atom is -0.480 e. The van der Waals surface area contributed by atoms with E-state index in [0.29, 0.717) is 12.2 Å². The van der Waals surface area contributed by atoms with Crippen molar-refractivity contribution in [2.24, 2.45) is 5.41 Å². The molecule has 0 bridgehead atoms. The molecule has 1 unspecified atom stereocenters. The molecule has 2 aliphatic rings. The third kappa shape index (κ3) is 3.29. The smallest absolute Gasteiger partial charge is 0.415 e. The summed E-state index contributed by atoms with van der Waals surface area (Å²) in [5.41, 5.74) is 1.64. The minimum atomic E-state index is -1.16. The van der Waals surface area contributed by atoms with Crippen molar-refractivity contribution in [3.63, 3.8) is 0 Å². The lowest BCUT2D eigenvalue weighted by Gasteiger charge is -2.29. The average molecular weight is 353 g/mol. The molecule has 5 heteroatoms. The Hall–Kier alpha value is -2.82. The largest absolute Gasteiger partial charge is 0.480 e. The third-order valence-electron chi connectivity index (χ3n) is 4.44. The van der Waals surface area contributed by atoms with Gasteiger partial charge in [0, 0.05) is 5.57 Å². The zero-order valence-electron chi connectivity index (χ0n) is 15.4. The van der Waals surface area contributed by atoms with Gasteiger partial charge in [0.05, 0.1) is 12.2 Å². The van der Waals surface area contributed by atoms with E-state index < -0.39 is 23.1 Å². The van der Waals surface area contributed by atoms with Gasteiger partial charge in [-0.25, -0.2) is 4.79 Å². The van der Waals surface area contributed by atoms with Gasteiger partial charge in [0.15, 0.2) is 0 Å². The van der Waals surface area contributed by atoms with Gasteiger partial charge in [-0.2, -0.15) is 0 Å². The van der Waals surface area contributed by atoms with Crippen LogP contribution in [-0.4, -0.2) is 34.2 Å².